The molecule has 0 fully saturated rings. The monoisotopic (exact) mass is 644 g/mol. The van der Waals surface area contributed by atoms with E-state index in [1.165, 1.54) is 10.9 Å². The van der Waals surface area contributed by atoms with E-state index < -0.39 is 0 Å². The van der Waals surface area contributed by atoms with Gasteiger partial charge in [-0.2, -0.15) is 0 Å². The third-order valence-corrected chi connectivity index (χ3v) is 9.93. The first-order valence-corrected chi connectivity index (χ1v) is 17.1. The van der Waals surface area contributed by atoms with Crippen LogP contribution in [-0.4, -0.2) is 6.10 Å². The van der Waals surface area contributed by atoms with Gasteiger partial charge in [-0.3, -0.25) is 0 Å². The van der Waals surface area contributed by atoms with Crippen LogP contribution >= 0.6 is 0 Å². The molecule has 0 saturated carbocycles. The lowest BCUT2D eigenvalue weighted by molar-refractivity contribution is 0.269. The molecule has 1 aliphatic heterocycles. The van der Waals surface area contributed by atoms with Crippen molar-refractivity contribution in [3.63, 3.8) is 0 Å². The molecule has 0 N–H and O–H groups in total. The summed E-state index contributed by atoms with van der Waals surface area (Å²) in [7, 11) is 0. The van der Waals surface area contributed by atoms with Crippen molar-refractivity contribution in [2.75, 3.05) is 9.80 Å². The molecule has 1 aliphatic carbocycles. The number of benzene rings is 7. The summed E-state index contributed by atoms with van der Waals surface area (Å²) in [6.07, 6.45) is 8.60. The normalized spacial score (nSPS) is 16.0. The Balaban J connectivity index is 1.13. The van der Waals surface area contributed by atoms with Crippen LogP contribution in [0, 0.1) is 0 Å². The summed E-state index contributed by atoms with van der Waals surface area (Å²) in [5.74, 6) is 1.16. The Labute approximate surface area is 290 Å². The Kier molecular flexibility index (Phi) is 6.59. The zero-order valence-corrected chi connectivity index (χ0v) is 27.2. The molecular weight excluding hydrogens is 613 g/mol. The Morgan fingerprint density at radius 2 is 1.00 bits per heavy atom. The van der Waals surface area contributed by atoms with Crippen molar-refractivity contribution in [3.05, 3.63) is 188 Å². The highest BCUT2D eigenvalue weighted by molar-refractivity contribution is 6.06. The van der Waals surface area contributed by atoms with Crippen molar-refractivity contribution in [2.24, 2.45) is 0 Å². The first kappa shape index (κ1) is 28.5. The van der Waals surface area contributed by atoms with Crippen molar-refractivity contribution in [1.82, 2.24) is 0 Å². The molecule has 1 aromatic heterocycles. The van der Waals surface area contributed by atoms with Crippen LogP contribution in [-0.2, 0) is 0 Å². The van der Waals surface area contributed by atoms with E-state index in [2.05, 4.69) is 180 Å². The van der Waals surface area contributed by atoms with Crippen LogP contribution in [0.5, 0.6) is 5.75 Å². The highest BCUT2D eigenvalue weighted by Crippen LogP contribution is 2.46. The molecule has 50 heavy (non-hydrogen) atoms. The number of hydrogen-bond acceptors (Lipinski definition) is 4. The number of para-hydroxylation sites is 3. The summed E-state index contributed by atoms with van der Waals surface area (Å²) in [5, 5.41) is 4.54. The van der Waals surface area contributed by atoms with Crippen LogP contribution < -0.4 is 14.5 Å². The van der Waals surface area contributed by atoms with Crippen LogP contribution in [0.25, 0.3) is 32.7 Å². The third-order valence-electron chi connectivity index (χ3n) is 9.93. The zero-order valence-electron chi connectivity index (χ0n) is 27.2. The number of ether oxygens (including phenoxy) is 1. The molecule has 0 bridgehead atoms. The van der Waals surface area contributed by atoms with Gasteiger partial charge in [0, 0.05) is 68.5 Å². The molecule has 4 heteroatoms. The molecular formula is C46H32N2O2. The topological polar surface area (TPSA) is 28.9 Å². The van der Waals surface area contributed by atoms with Crippen molar-refractivity contribution in [2.45, 2.75) is 12.0 Å². The van der Waals surface area contributed by atoms with Gasteiger partial charge < -0.3 is 19.0 Å². The van der Waals surface area contributed by atoms with E-state index in [0.29, 0.717) is 0 Å². The van der Waals surface area contributed by atoms with Crippen LogP contribution in [0.4, 0.5) is 34.1 Å². The number of nitrogens with zero attached hydrogens (tertiary/aromatic N) is 2. The molecule has 0 spiro atoms. The number of anilines is 6. The van der Waals surface area contributed by atoms with Gasteiger partial charge in [0.2, 0.25) is 0 Å². The minimum absolute atomic E-state index is 0.0295. The highest BCUT2D eigenvalue weighted by atomic mass is 16.5. The maximum Gasteiger partial charge on any atom is 0.137 e. The summed E-state index contributed by atoms with van der Waals surface area (Å²) in [5.41, 5.74) is 9.36. The van der Waals surface area contributed by atoms with Crippen LogP contribution in [0.2, 0.25) is 0 Å². The fourth-order valence-electron chi connectivity index (χ4n) is 7.57. The lowest BCUT2D eigenvalue weighted by Crippen LogP contribution is -2.15. The number of rotatable bonds is 6. The van der Waals surface area contributed by atoms with Gasteiger partial charge in [-0.25, -0.2) is 0 Å². The SMILES string of the molecule is C1=CC2Oc3cc(N(c4ccc5ccc(N(c6ccccc6)c6ccccc6)cc5c4)c4ccc5c(c4)oc4ccccc45)ccc3C2C=C1. The van der Waals surface area contributed by atoms with Gasteiger partial charge in [0.25, 0.3) is 0 Å². The summed E-state index contributed by atoms with van der Waals surface area (Å²) in [4.78, 5) is 4.61. The van der Waals surface area contributed by atoms with Crippen LogP contribution in [0.3, 0.4) is 0 Å². The van der Waals surface area contributed by atoms with E-state index in [4.69, 9.17) is 9.15 Å². The molecule has 2 aliphatic rings. The number of furan rings is 1. The van der Waals surface area contributed by atoms with Gasteiger partial charge in [0.1, 0.15) is 23.0 Å². The number of fused-ring (bicyclic) bond motifs is 7. The van der Waals surface area contributed by atoms with Gasteiger partial charge >= 0.3 is 0 Å². The van der Waals surface area contributed by atoms with E-state index in [0.717, 1.165) is 67.2 Å². The molecule has 238 valence electrons. The van der Waals surface area contributed by atoms with Crippen molar-refractivity contribution < 1.29 is 9.15 Å². The van der Waals surface area contributed by atoms with Crippen LogP contribution in [0.15, 0.2) is 186 Å². The average Bonchev–Trinajstić information content (AvgIpc) is 3.73. The first-order valence-electron chi connectivity index (χ1n) is 17.1. The quantitative estimate of drug-likeness (QED) is 0.180. The van der Waals surface area contributed by atoms with Gasteiger partial charge in [-0.15, -0.1) is 0 Å². The summed E-state index contributed by atoms with van der Waals surface area (Å²) in [6.45, 7) is 0. The average molecular weight is 645 g/mol. The van der Waals surface area contributed by atoms with Gasteiger partial charge in [0.05, 0.1) is 0 Å². The fourth-order valence-corrected chi connectivity index (χ4v) is 7.57. The standard InChI is InChI=1S/C46H32N2O2/c1-3-11-33(12-4-1)47(34-13-5-2-6-14-34)35-21-19-31-20-22-36(28-32(31)27-35)48(37-23-25-41-39-15-7-9-17-43(39)49-45(41)29-37)38-24-26-42-40-16-8-10-18-44(40)50-46(42)30-38/h1-30,39,43H. The first-order chi connectivity index (χ1) is 24.8. The molecule has 2 unspecified atom stereocenters. The Morgan fingerprint density at radius 1 is 0.420 bits per heavy atom. The molecule has 8 aromatic rings. The predicted octanol–water partition coefficient (Wildman–Crippen LogP) is 12.6. The summed E-state index contributed by atoms with van der Waals surface area (Å²) >= 11 is 0. The lowest BCUT2D eigenvalue weighted by Gasteiger charge is -2.27. The Bertz CT molecular complexity index is 2560. The van der Waals surface area contributed by atoms with Crippen molar-refractivity contribution >= 4 is 66.8 Å². The van der Waals surface area contributed by atoms with Gasteiger partial charge in [-0.05, 0) is 89.6 Å². The predicted molar refractivity (Wildman–Crippen MR) is 206 cm³/mol. The lowest BCUT2D eigenvalue weighted by atomic mass is 9.92. The Morgan fingerprint density at radius 3 is 1.76 bits per heavy atom. The molecule has 10 rings (SSSR count). The second-order valence-corrected chi connectivity index (χ2v) is 12.9. The number of allylic oxidation sites excluding steroid dienone is 2. The molecule has 0 amide bonds. The number of hydrogen-bond donors (Lipinski definition) is 0. The van der Waals surface area contributed by atoms with E-state index in [1.807, 2.05) is 12.1 Å². The van der Waals surface area contributed by atoms with E-state index >= 15 is 0 Å². The van der Waals surface area contributed by atoms with Gasteiger partial charge in [0.15, 0.2) is 0 Å². The van der Waals surface area contributed by atoms with Crippen LogP contribution in [0.1, 0.15) is 11.5 Å². The second kappa shape index (κ2) is 11.6. The maximum atomic E-state index is 6.49. The Hall–Kier alpha value is -6.52. The minimum Gasteiger partial charge on any atom is -0.485 e. The largest absolute Gasteiger partial charge is 0.485 e. The van der Waals surface area contributed by atoms with E-state index in [9.17, 15) is 0 Å². The molecule has 0 radical (unpaired) electrons. The second-order valence-electron chi connectivity index (χ2n) is 12.9. The van der Waals surface area contributed by atoms with E-state index in [1.54, 1.807) is 0 Å². The summed E-state index contributed by atoms with van der Waals surface area (Å²) < 4.78 is 12.9. The van der Waals surface area contributed by atoms with E-state index in [-0.39, 0.29) is 12.0 Å². The maximum absolute atomic E-state index is 6.49. The highest BCUT2D eigenvalue weighted by Gasteiger charge is 2.32. The molecule has 2 heterocycles. The molecule has 2 atom stereocenters. The van der Waals surface area contributed by atoms with Crippen molar-refractivity contribution in [1.29, 1.82) is 0 Å². The molecule has 0 saturated heterocycles. The molecule has 4 nitrogen and oxygen atoms in total. The third kappa shape index (κ3) is 4.76. The smallest absolute Gasteiger partial charge is 0.137 e. The van der Waals surface area contributed by atoms with Gasteiger partial charge in [-0.1, -0.05) is 91.0 Å². The van der Waals surface area contributed by atoms with Crippen molar-refractivity contribution in [3.8, 4) is 5.75 Å². The molecule has 7 aromatic carbocycles. The summed E-state index contributed by atoms with van der Waals surface area (Å²) in [6, 6.07) is 55.9. The minimum atomic E-state index is 0.0295. The zero-order chi connectivity index (χ0) is 33.0. The fraction of sp³-hybridized carbons (Fsp3) is 0.0435.